The van der Waals surface area contributed by atoms with Gasteiger partial charge < -0.3 is 9.47 Å². The lowest BCUT2D eigenvalue weighted by molar-refractivity contribution is -0.115. The Labute approximate surface area is 158 Å². The molecule has 1 heterocycles. The standard InChI is InChI=1S/C20H22N4OS/c1-4-24-19(17-13-9-8-10-15(17)2)21-22-20(24)26-14-18(25)23(3)16-11-6-5-7-12-16/h5-13H,4,14H2,1-3H3. The van der Waals surface area contributed by atoms with Crippen molar-refractivity contribution in [2.75, 3.05) is 17.7 Å². The van der Waals surface area contributed by atoms with Crippen molar-refractivity contribution in [3.63, 3.8) is 0 Å². The summed E-state index contributed by atoms with van der Waals surface area (Å²) in [5.74, 6) is 1.19. The third-order valence-corrected chi connectivity index (χ3v) is 5.21. The molecule has 6 heteroatoms. The first-order chi connectivity index (χ1) is 12.6. The van der Waals surface area contributed by atoms with Gasteiger partial charge in [0.25, 0.3) is 0 Å². The number of benzene rings is 2. The summed E-state index contributed by atoms with van der Waals surface area (Å²) in [7, 11) is 1.79. The lowest BCUT2D eigenvalue weighted by Gasteiger charge is -2.17. The second-order valence-corrected chi connectivity index (χ2v) is 6.88. The van der Waals surface area contributed by atoms with Gasteiger partial charge in [-0.15, -0.1) is 10.2 Å². The highest BCUT2D eigenvalue weighted by Crippen LogP contribution is 2.26. The van der Waals surface area contributed by atoms with E-state index in [4.69, 9.17) is 0 Å². The summed E-state index contributed by atoms with van der Waals surface area (Å²) in [5, 5.41) is 9.44. The predicted molar refractivity (Wildman–Crippen MR) is 106 cm³/mol. The topological polar surface area (TPSA) is 51.0 Å². The van der Waals surface area contributed by atoms with E-state index in [1.807, 2.05) is 48.5 Å². The largest absolute Gasteiger partial charge is 0.315 e. The van der Waals surface area contributed by atoms with Crippen molar-refractivity contribution in [1.82, 2.24) is 14.8 Å². The number of rotatable bonds is 6. The molecule has 0 aliphatic rings. The average Bonchev–Trinajstić information content (AvgIpc) is 3.09. The van der Waals surface area contributed by atoms with Gasteiger partial charge in [0.15, 0.2) is 11.0 Å². The Balaban J connectivity index is 1.75. The van der Waals surface area contributed by atoms with Crippen LogP contribution in [0, 0.1) is 6.92 Å². The van der Waals surface area contributed by atoms with Crippen LogP contribution in [0.5, 0.6) is 0 Å². The van der Waals surface area contributed by atoms with Gasteiger partial charge in [0, 0.05) is 24.8 Å². The first kappa shape index (κ1) is 18.2. The van der Waals surface area contributed by atoms with Crippen molar-refractivity contribution < 1.29 is 4.79 Å². The van der Waals surface area contributed by atoms with Crippen LogP contribution in [0.15, 0.2) is 59.8 Å². The quantitative estimate of drug-likeness (QED) is 0.618. The summed E-state index contributed by atoms with van der Waals surface area (Å²) in [6.07, 6.45) is 0. The van der Waals surface area contributed by atoms with E-state index in [1.54, 1.807) is 11.9 Å². The van der Waals surface area contributed by atoms with Gasteiger partial charge in [0.1, 0.15) is 0 Å². The molecule has 1 amide bonds. The van der Waals surface area contributed by atoms with E-state index in [0.717, 1.165) is 34.3 Å². The number of aromatic nitrogens is 3. The Morgan fingerprint density at radius 2 is 1.77 bits per heavy atom. The lowest BCUT2D eigenvalue weighted by atomic mass is 10.1. The molecule has 5 nitrogen and oxygen atoms in total. The minimum atomic E-state index is 0.0318. The highest BCUT2D eigenvalue weighted by Gasteiger charge is 2.17. The Kier molecular flexibility index (Phi) is 5.73. The van der Waals surface area contributed by atoms with Crippen LogP contribution in [0.4, 0.5) is 5.69 Å². The van der Waals surface area contributed by atoms with Crippen molar-refractivity contribution in [2.24, 2.45) is 0 Å². The molecule has 0 N–H and O–H groups in total. The van der Waals surface area contributed by atoms with Crippen LogP contribution in [0.25, 0.3) is 11.4 Å². The number of para-hydroxylation sites is 1. The van der Waals surface area contributed by atoms with E-state index in [1.165, 1.54) is 11.8 Å². The van der Waals surface area contributed by atoms with E-state index < -0.39 is 0 Å². The third kappa shape index (κ3) is 3.80. The van der Waals surface area contributed by atoms with Crippen molar-refractivity contribution >= 4 is 23.4 Å². The zero-order valence-corrected chi connectivity index (χ0v) is 16.0. The number of carbonyl (C=O) groups excluding carboxylic acids is 1. The number of aryl methyl sites for hydroxylation is 1. The molecule has 0 aliphatic heterocycles. The average molecular weight is 366 g/mol. The molecule has 3 aromatic rings. The molecule has 3 rings (SSSR count). The van der Waals surface area contributed by atoms with Crippen molar-refractivity contribution in [1.29, 1.82) is 0 Å². The molecule has 2 aromatic carbocycles. The Morgan fingerprint density at radius 3 is 2.46 bits per heavy atom. The maximum absolute atomic E-state index is 12.5. The molecular weight excluding hydrogens is 344 g/mol. The molecule has 0 aliphatic carbocycles. The zero-order valence-electron chi connectivity index (χ0n) is 15.2. The van der Waals surface area contributed by atoms with Crippen LogP contribution < -0.4 is 4.90 Å². The summed E-state index contributed by atoms with van der Waals surface area (Å²) in [6, 6.07) is 17.8. The molecule has 0 spiro atoms. The second-order valence-electron chi connectivity index (χ2n) is 5.94. The van der Waals surface area contributed by atoms with Gasteiger partial charge in [-0.3, -0.25) is 4.79 Å². The van der Waals surface area contributed by atoms with E-state index in [9.17, 15) is 4.79 Å². The van der Waals surface area contributed by atoms with Gasteiger partial charge in [0.05, 0.1) is 5.75 Å². The molecule has 0 radical (unpaired) electrons. The van der Waals surface area contributed by atoms with Crippen LogP contribution in [-0.2, 0) is 11.3 Å². The summed E-state index contributed by atoms with van der Waals surface area (Å²) in [6.45, 7) is 4.88. The fraction of sp³-hybridized carbons (Fsp3) is 0.250. The molecule has 0 bridgehead atoms. The molecule has 26 heavy (non-hydrogen) atoms. The molecule has 0 saturated heterocycles. The van der Waals surface area contributed by atoms with Crippen LogP contribution >= 0.6 is 11.8 Å². The minimum Gasteiger partial charge on any atom is -0.315 e. The van der Waals surface area contributed by atoms with Crippen LogP contribution in [0.2, 0.25) is 0 Å². The van der Waals surface area contributed by atoms with Crippen LogP contribution in [0.1, 0.15) is 12.5 Å². The fourth-order valence-corrected chi connectivity index (χ4v) is 3.64. The summed E-state index contributed by atoms with van der Waals surface area (Å²) in [4.78, 5) is 14.2. The van der Waals surface area contributed by atoms with E-state index in [0.29, 0.717) is 5.75 Å². The SMILES string of the molecule is CCn1c(SCC(=O)N(C)c2ccccc2)nnc1-c1ccccc1C. The normalized spacial score (nSPS) is 10.7. The maximum Gasteiger partial charge on any atom is 0.237 e. The van der Waals surface area contributed by atoms with Gasteiger partial charge >= 0.3 is 0 Å². The first-order valence-electron chi connectivity index (χ1n) is 8.55. The van der Waals surface area contributed by atoms with E-state index >= 15 is 0 Å². The number of carbonyl (C=O) groups is 1. The summed E-state index contributed by atoms with van der Waals surface area (Å²) < 4.78 is 2.06. The fourth-order valence-electron chi connectivity index (χ4n) is 2.72. The monoisotopic (exact) mass is 366 g/mol. The zero-order chi connectivity index (χ0) is 18.5. The Morgan fingerprint density at radius 1 is 1.08 bits per heavy atom. The van der Waals surface area contributed by atoms with E-state index in [2.05, 4.69) is 34.7 Å². The number of anilines is 1. The summed E-state index contributed by atoms with van der Waals surface area (Å²) in [5.41, 5.74) is 3.11. The Hall–Kier alpha value is -2.60. The van der Waals surface area contributed by atoms with Gasteiger partial charge in [-0.05, 0) is 31.5 Å². The molecule has 0 saturated carbocycles. The Bertz CT molecular complexity index is 892. The second kappa shape index (κ2) is 8.19. The number of nitrogens with zero attached hydrogens (tertiary/aromatic N) is 4. The molecule has 0 atom stereocenters. The lowest BCUT2D eigenvalue weighted by Crippen LogP contribution is -2.27. The van der Waals surface area contributed by atoms with E-state index in [-0.39, 0.29) is 5.91 Å². The highest BCUT2D eigenvalue weighted by atomic mass is 32.2. The summed E-state index contributed by atoms with van der Waals surface area (Å²) >= 11 is 1.42. The van der Waals surface area contributed by atoms with Crippen molar-refractivity contribution in [3.8, 4) is 11.4 Å². The van der Waals surface area contributed by atoms with Crippen molar-refractivity contribution in [3.05, 3.63) is 60.2 Å². The van der Waals surface area contributed by atoms with Gasteiger partial charge in [0.2, 0.25) is 5.91 Å². The molecule has 0 unspecified atom stereocenters. The van der Waals surface area contributed by atoms with Crippen molar-refractivity contribution in [2.45, 2.75) is 25.5 Å². The highest BCUT2D eigenvalue weighted by molar-refractivity contribution is 7.99. The smallest absolute Gasteiger partial charge is 0.237 e. The molecular formula is C20H22N4OS. The van der Waals surface area contributed by atoms with Crippen LogP contribution in [-0.4, -0.2) is 33.5 Å². The van der Waals surface area contributed by atoms with Gasteiger partial charge in [-0.2, -0.15) is 0 Å². The number of thioether (sulfide) groups is 1. The number of hydrogen-bond acceptors (Lipinski definition) is 4. The minimum absolute atomic E-state index is 0.0318. The number of hydrogen-bond donors (Lipinski definition) is 0. The number of amides is 1. The van der Waals surface area contributed by atoms with Gasteiger partial charge in [-0.1, -0.05) is 54.2 Å². The molecule has 0 fully saturated rings. The molecule has 1 aromatic heterocycles. The van der Waals surface area contributed by atoms with Crippen LogP contribution in [0.3, 0.4) is 0 Å². The van der Waals surface area contributed by atoms with Gasteiger partial charge in [-0.25, -0.2) is 0 Å². The molecule has 134 valence electrons. The predicted octanol–water partition coefficient (Wildman–Crippen LogP) is 4.03. The third-order valence-electron chi connectivity index (χ3n) is 4.26. The first-order valence-corrected chi connectivity index (χ1v) is 9.54. The maximum atomic E-state index is 12.5.